The van der Waals surface area contributed by atoms with Crippen LogP contribution in [0.3, 0.4) is 0 Å². The molecule has 1 saturated heterocycles. The van der Waals surface area contributed by atoms with Gasteiger partial charge in [0.1, 0.15) is 5.69 Å². The number of carbonyl (C=O) groups excluding carboxylic acids is 1. The lowest BCUT2D eigenvalue weighted by Crippen LogP contribution is -2.32. The van der Waals surface area contributed by atoms with Crippen LogP contribution in [0, 0.1) is 10.1 Å². The summed E-state index contributed by atoms with van der Waals surface area (Å²) in [5.74, 6) is -0.263. The first-order valence-electron chi connectivity index (χ1n) is 8.41. The standard InChI is InChI=1S/C17H21N5O3.ClH/c23-17(15-8-11-21(20-15)14-5-3-9-18-12-14)19-10-7-13-4-1-2-6-16(13)22(24)25;/h1-2,4,6,8,11,14,18H,3,5,7,9-10,12H2,(H,19,23);1H. The number of benzene rings is 1. The van der Waals surface area contributed by atoms with Gasteiger partial charge in [-0.2, -0.15) is 5.10 Å². The number of nitro groups is 1. The normalized spacial score (nSPS) is 16.5. The van der Waals surface area contributed by atoms with Gasteiger partial charge in [0.2, 0.25) is 0 Å². The van der Waals surface area contributed by atoms with Crippen LogP contribution in [-0.4, -0.2) is 40.2 Å². The fourth-order valence-corrected chi connectivity index (χ4v) is 3.02. The van der Waals surface area contributed by atoms with Crippen LogP contribution in [0.1, 0.15) is 34.9 Å². The lowest BCUT2D eigenvalue weighted by atomic mass is 10.1. The Kier molecular flexibility index (Phi) is 7.11. The fourth-order valence-electron chi connectivity index (χ4n) is 3.02. The van der Waals surface area contributed by atoms with Gasteiger partial charge < -0.3 is 10.6 Å². The number of amides is 1. The molecule has 3 rings (SSSR count). The number of piperidine rings is 1. The maximum atomic E-state index is 12.2. The van der Waals surface area contributed by atoms with Gasteiger partial charge in [-0.25, -0.2) is 0 Å². The van der Waals surface area contributed by atoms with Crippen LogP contribution in [0.5, 0.6) is 0 Å². The molecule has 9 heteroatoms. The first kappa shape index (κ1) is 19.9. The van der Waals surface area contributed by atoms with Gasteiger partial charge in [-0.1, -0.05) is 18.2 Å². The highest BCUT2D eigenvalue weighted by atomic mass is 35.5. The van der Waals surface area contributed by atoms with E-state index in [-0.39, 0.29) is 30.0 Å². The average Bonchev–Trinajstić information content (AvgIpc) is 3.13. The number of hydrogen-bond donors (Lipinski definition) is 2. The zero-order valence-electron chi connectivity index (χ0n) is 14.3. The molecule has 26 heavy (non-hydrogen) atoms. The summed E-state index contributed by atoms with van der Waals surface area (Å²) in [6, 6.07) is 8.54. The van der Waals surface area contributed by atoms with Gasteiger partial charge in [0.15, 0.2) is 0 Å². The van der Waals surface area contributed by atoms with E-state index in [1.165, 1.54) is 6.07 Å². The second-order valence-corrected chi connectivity index (χ2v) is 6.07. The van der Waals surface area contributed by atoms with Gasteiger partial charge in [-0.15, -0.1) is 12.4 Å². The van der Waals surface area contributed by atoms with Crippen molar-refractivity contribution >= 4 is 24.0 Å². The molecule has 2 aromatic rings. The van der Waals surface area contributed by atoms with Crippen LogP contribution in [0.2, 0.25) is 0 Å². The van der Waals surface area contributed by atoms with E-state index >= 15 is 0 Å². The van der Waals surface area contributed by atoms with Crippen LogP contribution >= 0.6 is 12.4 Å². The highest BCUT2D eigenvalue weighted by Gasteiger charge is 2.18. The Labute approximate surface area is 157 Å². The molecule has 1 unspecified atom stereocenters. The van der Waals surface area contributed by atoms with Crippen LogP contribution in [0.15, 0.2) is 36.5 Å². The molecule has 0 saturated carbocycles. The molecule has 1 aliphatic rings. The van der Waals surface area contributed by atoms with E-state index in [1.807, 2.05) is 10.9 Å². The van der Waals surface area contributed by atoms with E-state index in [4.69, 9.17) is 0 Å². The van der Waals surface area contributed by atoms with E-state index in [2.05, 4.69) is 15.7 Å². The van der Waals surface area contributed by atoms with Gasteiger partial charge in [0, 0.05) is 30.9 Å². The number of nitrogens with one attached hydrogen (secondary N) is 2. The predicted octanol–water partition coefficient (Wildman–Crippen LogP) is 2.11. The third-order valence-electron chi connectivity index (χ3n) is 4.35. The van der Waals surface area contributed by atoms with Crippen molar-refractivity contribution < 1.29 is 9.72 Å². The Morgan fingerprint density at radius 1 is 1.38 bits per heavy atom. The fraction of sp³-hybridized carbons (Fsp3) is 0.412. The lowest BCUT2D eigenvalue weighted by molar-refractivity contribution is -0.385. The topological polar surface area (TPSA) is 102 Å². The average molecular weight is 380 g/mol. The van der Waals surface area contributed by atoms with E-state index in [0.29, 0.717) is 24.2 Å². The van der Waals surface area contributed by atoms with Gasteiger partial charge in [0.25, 0.3) is 11.6 Å². The summed E-state index contributed by atoms with van der Waals surface area (Å²) in [6.45, 7) is 2.21. The Balaban J connectivity index is 0.00000243. The summed E-state index contributed by atoms with van der Waals surface area (Å²) in [6.07, 6.45) is 4.38. The minimum absolute atomic E-state index is 0. The van der Waals surface area contributed by atoms with E-state index in [1.54, 1.807) is 24.3 Å². The first-order chi connectivity index (χ1) is 12.1. The largest absolute Gasteiger partial charge is 0.350 e. The number of rotatable bonds is 6. The van der Waals surface area contributed by atoms with Crippen molar-refractivity contribution in [2.45, 2.75) is 25.3 Å². The van der Waals surface area contributed by atoms with Crippen molar-refractivity contribution in [2.75, 3.05) is 19.6 Å². The molecule has 1 aromatic heterocycles. The molecule has 140 valence electrons. The second kappa shape index (κ2) is 9.30. The van der Waals surface area contributed by atoms with Crippen LogP contribution in [0.4, 0.5) is 5.69 Å². The molecule has 1 atom stereocenters. The quantitative estimate of drug-likeness (QED) is 0.591. The van der Waals surface area contributed by atoms with Gasteiger partial charge in [-0.3, -0.25) is 19.6 Å². The molecular formula is C17H22ClN5O3. The Bertz CT molecular complexity index is 758. The van der Waals surface area contributed by atoms with Crippen molar-refractivity contribution in [3.05, 3.63) is 57.9 Å². The lowest BCUT2D eigenvalue weighted by Gasteiger charge is -2.22. The SMILES string of the molecule is Cl.O=C(NCCc1ccccc1[N+](=O)[O-])c1ccn(C2CCCNC2)n1. The van der Waals surface area contributed by atoms with E-state index in [0.717, 1.165) is 25.9 Å². The molecule has 0 aliphatic carbocycles. The minimum atomic E-state index is -0.406. The maximum Gasteiger partial charge on any atom is 0.272 e. The molecule has 8 nitrogen and oxygen atoms in total. The number of nitrogens with zero attached hydrogens (tertiary/aromatic N) is 3. The van der Waals surface area contributed by atoms with E-state index in [9.17, 15) is 14.9 Å². The van der Waals surface area contributed by atoms with E-state index < -0.39 is 4.92 Å². The van der Waals surface area contributed by atoms with Gasteiger partial charge in [0.05, 0.1) is 11.0 Å². The number of halogens is 1. The molecule has 0 spiro atoms. The van der Waals surface area contributed by atoms with Crippen LogP contribution < -0.4 is 10.6 Å². The smallest absolute Gasteiger partial charge is 0.272 e. The van der Waals surface area contributed by atoms with Gasteiger partial charge >= 0.3 is 0 Å². The third-order valence-corrected chi connectivity index (χ3v) is 4.35. The Morgan fingerprint density at radius 2 is 2.19 bits per heavy atom. The molecule has 1 fully saturated rings. The predicted molar refractivity (Wildman–Crippen MR) is 99.7 cm³/mol. The summed E-state index contributed by atoms with van der Waals surface area (Å²) in [7, 11) is 0. The molecule has 2 heterocycles. The van der Waals surface area contributed by atoms with Crippen LogP contribution in [0.25, 0.3) is 0 Å². The molecule has 0 radical (unpaired) electrons. The second-order valence-electron chi connectivity index (χ2n) is 6.07. The molecule has 1 aromatic carbocycles. The number of para-hydroxylation sites is 1. The Hall–Kier alpha value is -2.45. The first-order valence-corrected chi connectivity index (χ1v) is 8.41. The number of aromatic nitrogens is 2. The zero-order chi connectivity index (χ0) is 17.6. The molecule has 1 amide bonds. The minimum Gasteiger partial charge on any atom is -0.350 e. The molecule has 0 bridgehead atoms. The highest BCUT2D eigenvalue weighted by Crippen LogP contribution is 2.18. The Morgan fingerprint density at radius 3 is 2.92 bits per heavy atom. The number of carbonyl (C=O) groups is 1. The zero-order valence-corrected chi connectivity index (χ0v) is 15.1. The van der Waals surface area contributed by atoms with Crippen molar-refractivity contribution in [1.29, 1.82) is 0 Å². The van der Waals surface area contributed by atoms with Gasteiger partial charge in [-0.05, 0) is 31.9 Å². The summed E-state index contributed by atoms with van der Waals surface area (Å²) in [5, 5.41) is 21.5. The highest BCUT2D eigenvalue weighted by molar-refractivity contribution is 5.92. The van der Waals surface area contributed by atoms with Crippen molar-refractivity contribution in [2.24, 2.45) is 0 Å². The molecular weight excluding hydrogens is 358 g/mol. The summed E-state index contributed by atoms with van der Waals surface area (Å²) in [5.41, 5.74) is 1.05. The van der Waals surface area contributed by atoms with Crippen LogP contribution in [-0.2, 0) is 6.42 Å². The summed E-state index contributed by atoms with van der Waals surface area (Å²) >= 11 is 0. The molecule has 2 N–H and O–H groups in total. The van der Waals surface area contributed by atoms with Crippen molar-refractivity contribution in [1.82, 2.24) is 20.4 Å². The number of hydrogen-bond acceptors (Lipinski definition) is 5. The molecule has 1 aliphatic heterocycles. The van der Waals surface area contributed by atoms with Crippen molar-refractivity contribution in [3.63, 3.8) is 0 Å². The third kappa shape index (κ3) is 4.80. The maximum absolute atomic E-state index is 12.2. The summed E-state index contributed by atoms with van der Waals surface area (Å²) in [4.78, 5) is 22.8. The van der Waals surface area contributed by atoms with Crippen molar-refractivity contribution in [3.8, 4) is 0 Å². The number of nitro benzene ring substituents is 1. The summed E-state index contributed by atoms with van der Waals surface area (Å²) < 4.78 is 1.84. The monoisotopic (exact) mass is 379 g/mol.